The van der Waals surface area contributed by atoms with E-state index in [9.17, 15) is 0 Å². The highest BCUT2D eigenvalue weighted by Crippen LogP contribution is 2.22. The van der Waals surface area contributed by atoms with Crippen molar-refractivity contribution in [2.45, 2.75) is 33.1 Å². The second-order valence-electron chi connectivity index (χ2n) is 8.02. The average molecular weight is 365 g/mol. The fraction of sp³-hybridized carbons (Fsp3) is 0.650. The van der Waals surface area contributed by atoms with E-state index in [1.807, 2.05) is 19.2 Å². The smallest absolute Gasteiger partial charge is 0.191 e. The van der Waals surface area contributed by atoms with Crippen LogP contribution in [0.5, 0.6) is 0 Å². The normalized spacial score (nSPS) is 17.6. The maximum absolute atomic E-state index is 6.10. The van der Waals surface area contributed by atoms with Gasteiger partial charge in [0.05, 0.1) is 0 Å². The SMILES string of the molecule is CN=C(NCC1CCN(C)CC1)NCC(C)(C)Cc1cccc(Cl)c1. The van der Waals surface area contributed by atoms with E-state index in [1.54, 1.807) is 0 Å². The summed E-state index contributed by atoms with van der Waals surface area (Å²) in [7, 11) is 4.04. The van der Waals surface area contributed by atoms with Crippen molar-refractivity contribution >= 4 is 17.6 Å². The number of hydrogen-bond acceptors (Lipinski definition) is 2. The summed E-state index contributed by atoms with van der Waals surface area (Å²) in [6.07, 6.45) is 3.51. The lowest BCUT2D eigenvalue weighted by atomic mass is 9.86. The predicted octanol–water partition coefficient (Wildman–Crippen LogP) is 3.42. The summed E-state index contributed by atoms with van der Waals surface area (Å²) in [5, 5.41) is 7.79. The molecular weight excluding hydrogens is 332 g/mol. The molecule has 0 atom stereocenters. The van der Waals surface area contributed by atoms with Crippen molar-refractivity contribution in [1.29, 1.82) is 0 Å². The second kappa shape index (κ2) is 9.44. The first kappa shape index (κ1) is 20.1. The van der Waals surface area contributed by atoms with E-state index in [1.165, 1.54) is 31.5 Å². The van der Waals surface area contributed by atoms with Gasteiger partial charge in [0.25, 0.3) is 0 Å². The molecule has 1 aliphatic heterocycles. The van der Waals surface area contributed by atoms with Crippen molar-refractivity contribution in [3.63, 3.8) is 0 Å². The quantitative estimate of drug-likeness (QED) is 0.600. The molecule has 1 saturated heterocycles. The first-order valence-electron chi connectivity index (χ1n) is 9.25. The van der Waals surface area contributed by atoms with Gasteiger partial charge in [-0.2, -0.15) is 0 Å². The van der Waals surface area contributed by atoms with Gasteiger partial charge in [0.15, 0.2) is 5.96 Å². The molecule has 0 spiro atoms. The molecule has 0 aliphatic carbocycles. The van der Waals surface area contributed by atoms with E-state index in [2.05, 4.69) is 53.6 Å². The molecule has 0 aromatic heterocycles. The first-order chi connectivity index (χ1) is 11.9. The number of benzene rings is 1. The van der Waals surface area contributed by atoms with Crippen LogP contribution in [0.25, 0.3) is 0 Å². The lowest BCUT2D eigenvalue weighted by molar-refractivity contribution is 0.220. The number of aliphatic imine (C=N–C) groups is 1. The number of rotatable bonds is 6. The molecule has 1 aliphatic rings. The van der Waals surface area contributed by atoms with Gasteiger partial charge in [0.2, 0.25) is 0 Å². The Morgan fingerprint density at radius 3 is 2.64 bits per heavy atom. The maximum Gasteiger partial charge on any atom is 0.191 e. The Kier molecular flexibility index (Phi) is 7.57. The number of guanidine groups is 1. The fourth-order valence-corrected chi connectivity index (χ4v) is 3.53. The number of hydrogen-bond donors (Lipinski definition) is 2. The Morgan fingerprint density at radius 1 is 1.28 bits per heavy atom. The molecule has 2 rings (SSSR count). The van der Waals surface area contributed by atoms with E-state index in [4.69, 9.17) is 11.6 Å². The fourth-order valence-electron chi connectivity index (χ4n) is 3.31. The molecule has 4 nitrogen and oxygen atoms in total. The van der Waals surface area contributed by atoms with Crippen molar-refractivity contribution < 1.29 is 0 Å². The molecular formula is C20H33ClN4. The van der Waals surface area contributed by atoms with E-state index in [0.717, 1.165) is 36.4 Å². The third kappa shape index (κ3) is 7.25. The zero-order valence-electron chi connectivity index (χ0n) is 16.1. The lowest BCUT2D eigenvalue weighted by Crippen LogP contribution is -2.45. The van der Waals surface area contributed by atoms with Crippen LogP contribution in [0.1, 0.15) is 32.3 Å². The molecule has 1 aromatic rings. The Bertz CT molecular complexity index is 563. The van der Waals surface area contributed by atoms with Gasteiger partial charge >= 0.3 is 0 Å². The Morgan fingerprint density at radius 2 is 2.00 bits per heavy atom. The van der Waals surface area contributed by atoms with Crippen molar-refractivity contribution in [3.05, 3.63) is 34.9 Å². The van der Waals surface area contributed by atoms with Crippen LogP contribution in [-0.4, -0.2) is 51.1 Å². The van der Waals surface area contributed by atoms with Crippen LogP contribution >= 0.6 is 11.6 Å². The summed E-state index contributed by atoms with van der Waals surface area (Å²) >= 11 is 6.10. The topological polar surface area (TPSA) is 39.7 Å². The molecule has 140 valence electrons. The van der Waals surface area contributed by atoms with Gasteiger partial charge in [-0.05, 0) is 68.4 Å². The zero-order valence-corrected chi connectivity index (χ0v) is 16.9. The number of halogens is 1. The number of likely N-dealkylation sites (tertiary alicyclic amines) is 1. The van der Waals surface area contributed by atoms with Gasteiger partial charge < -0.3 is 15.5 Å². The molecule has 0 unspecified atom stereocenters. The summed E-state index contributed by atoms with van der Waals surface area (Å²) in [4.78, 5) is 6.78. The minimum atomic E-state index is 0.121. The van der Waals surface area contributed by atoms with Gasteiger partial charge in [0.1, 0.15) is 0 Å². The lowest BCUT2D eigenvalue weighted by Gasteiger charge is -2.30. The van der Waals surface area contributed by atoms with E-state index in [0.29, 0.717) is 0 Å². The van der Waals surface area contributed by atoms with Crippen LogP contribution in [0.2, 0.25) is 5.02 Å². The molecule has 0 bridgehead atoms. The molecule has 1 fully saturated rings. The molecule has 1 aromatic carbocycles. The third-order valence-corrected chi connectivity index (χ3v) is 5.16. The van der Waals surface area contributed by atoms with Gasteiger partial charge in [-0.25, -0.2) is 0 Å². The number of nitrogens with one attached hydrogen (secondary N) is 2. The molecule has 0 amide bonds. The van der Waals surface area contributed by atoms with Crippen molar-refractivity contribution in [1.82, 2.24) is 15.5 Å². The first-order valence-corrected chi connectivity index (χ1v) is 9.63. The highest BCUT2D eigenvalue weighted by molar-refractivity contribution is 6.30. The predicted molar refractivity (Wildman–Crippen MR) is 109 cm³/mol. The van der Waals surface area contributed by atoms with Gasteiger partial charge in [-0.1, -0.05) is 37.6 Å². The van der Waals surface area contributed by atoms with Gasteiger partial charge in [-0.3, -0.25) is 4.99 Å². The zero-order chi connectivity index (χ0) is 18.3. The average Bonchev–Trinajstić information content (AvgIpc) is 2.56. The monoisotopic (exact) mass is 364 g/mol. The molecule has 0 radical (unpaired) electrons. The molecule has 0 saturated carbocycles. The summed E-state index contributed by atoms with van der Waals surface area (Å²) in [5.41, 5.74) is 1.39. The Hall–Kier alpha value is -1.26. The number of nitrogens with zero attached hydrogens (tertiary/aromatic N) is 2. The Labute approximate surface area is 158 Å². The maximum atomic E-state index is 6.10. The highest BCUT2D eigenvalue weighted by Gasteiger charge is 2.20. The largest absolute Gasteiger partial charge is 0.356 e. The second-order valence-corrected chi connectivity index (χ2v) is 8.46. The highest BCUT2D eigenvalue weighted by atomic mass is 35.5. The summed E-state index contributed by atoms with van der Waals surface area (Å²) < 4.78 is 0. The van der Waals surface area contributed by atoms with Crippen LogP contribution in [0.4, 0.5) is 0 Å². The Balaban J connectivity index is 1.77. The molecule has 5 heteroatoms. The van der Waals surface area contributed by atoms with E-state index >= 15 is 0 Å². The summed E-state index contributed by atoms with van der Waals surface area (Å²) in [6.45, 7) is 8.81. The van der Waals surface area contributed by atoms with Crippen molar-refractivity contribution in [2.24, 2.45) is 16.3 Å². The molecule has 25 heavy (non-hydrogen) atoms. The van der Waals surface area contributed by atoms with Crippen LogP contribution in [0.3, 0.4) is 0 Å². The van der Waals surface area contributed by atoms with Crippen molar-refractivity contribution in [3.8, 4) is 0 Å². The number of piperidine rings is 1. The van der Waals surface area contributed by atoms with Crippen molar-refractivity contribution in [2.75, 3.05) is 40.3 Å². The standard InChI is InChI=1S/C20H33ClN4/c1-20(2,13-17-6-5-7-18(21)12-17)15-24-19(22-3)23-14-16-8-10-25(4)11-9-16/h5-7,12,16H,8-11,13-15H2,1-4H3,(H2,22,23,24). The van der Waals surface area contributed by atoms with E-state index in [-0.39, 0.29) is 5.41 Å². The summed E-state index contributed by atoms with van der Waals surface area (Å²) in [5.74, 6) is 1.65. The van der Waals surface area contributed by atoms with Gasteiger partial charge in [-0.15, -0.1) is 0 Å². The van der Waals surface area contributed by atoms with Crippen LogP contribution < -0.4 is 10.6 Å². The molecule has 2 N–H and O–H groups in total. The van der Waals surface area contributed by atoms with Crippen LogP contribution in [-0.2, 0) is 6.42 Å². The molecule has 1 heterocycles. The minimum Gasteiger partial charge on any atom is -0.356 e. The summed E-state index contributed by atoms with van der Waals surface area (Å²) in [6, 6.07) is 8.13. The minimum absolute atomic E-state index is 0.121. The van der Waals surface area contributed by atoms with Crippen LogP contribution in [0.15, 0.2) is 29.3 Å². The van der Waals surface area contributed by atoms with Crippen LogP contribution in [0, 0.1) is 11.3 Å². The van der Waals surface area contributed by atoms with E-state index < -0.39 is 0 Å². The van der Waals surface area contributed by atoms with Gasteiger partial charge in [0, 0.05) is 25.2 Å². The third-order valence-electron chi connectivity index (χ3n) is 4.93.